The zero-order valence-electron chi connectivity index (χ0n) is 8.34. The molecule has 0 N–H and O–H groups in total. The highest BCUT2D eigenvalue weighted by molar-refractivity contribution is 9.10. The summed E-state index contributed by atoms with van der Waals surface area (Å²) in [4.78, 5) is 13.8. The highest BCUT2D eigenvalue weighted by Gasteiger charge is 2.29. The highest BCUT2D eigenvalue weighted by Crippen LogP contribution is 2.28. The topological polar surface area (TPSA) is 20.3 Å². The van der Waals surface area contributed by atoms with E-state index in [-0.39, 0.29) is 5.91 Å². The van der Waals surface area contributed by atoms with Crippen molar-refractivity contribution in [1.82, 2.24) is 4.90 Å². The maximum Gasteiger partial charge on any atom is 0.255 e. The average Bonchev–Trinajstić information content (AvgIpc) is 2.16. The van der Waals surface area contributed by atoms with Gasteiger partial charge in [-0.25, -0.2) is 0 Å². The van der Waals surface area contributed by atoms with Gasteiger partial charge in [0.25, 0.3) is 5.91 Å². The summed E-state index contributed by atoms with van der Waals surface area (Å²) in [7, 11) is 0. The molecule has 2 nitrogen and oxygen atoms in total. The van der Waals surface area contributed by atoms with Crippen molar-refractivity contribution in [2.75, 3.05) is 13.1 Å². The van der Waals surface area contributed by atoms with E-state index in [9.17, 15) is 4.79 Å². The lowest BCUT2D eigenvalue weighted by Gasteiger charge is -2.37. The van der Waals surface area contributed by atoms with Gasteiger partial charge in [0.2, 0.25) is 0 Å². The molecule has 0 radical (unpaired) electrons. The van der Waals surface area contributed by atoms with Crippen LogP contribution in [0.25, 0.3) is 0 Å². The summed E-state index contributed by atoms with van der Waals surface area (Å²) in [6.07, 6.45) is 0. The summed E-state index contributed by atoms with van der Waals surface area (Å²) < 4.78 is 0.691. The van der Waals surface area contributed by atoms with Crippen LogP contribution in [-0.2, 0) is 0 Å². The predicted octanol–water partition coefficient (Wildman–Crippen LogP) is 3.19. The van der Waals surface area contributed by atoms with Gasteiger partial charge in [-0.1, -0.05) is 24.6 Å². The third kappa shape index (κ3) is 2.04. The van der Waals surface area contributed by atoms with Gasteiger partial charge >= 0.3 is 0 Å². The van der Waals surface area contributed by atoms with E-state index in [1.54, 1.807) is 18.2 Å². The van der Waals surface area contributed by atoms with Crippen molar-refractivity contribution < 1.29 is 4.79 Å². The molecule has 0 unspecified atom stereocenters. The van der Waals surface area contributed by atoms with Gasteiger partial charge < -0.3 is 4.90 Å². The summed E-state index contributed by atoms with van der Waals surface area (Å²) in [6, 6.07) is 5.35. The number of carbonyl (C=O) groups is 1. The second-order valence-electron chi connectivity index (χ2n) is 3.92. The molecule has 4 heteroatoms. The van der Waals surface area contributed by atoms with Crippen LogP contribution in [0.5, 0.6) is 0 Å². The number of hydrogen-bond acceptors (Lipinski definition) is 1. The fourth-order valence-electron chi connectivity index (χ4n) is 1.70. The molecule has 1 saturated heterocycles. The summed E-state index contributed by atoms with van der Waals surface area (Å²) in [5.41, 5.74) is 0.648. The Balaban J connectivity index is 2.22. The van der Waals surface area contributed by atoms with Crippen LogP contribution in [0, 0.1) is 5.92 Å². The van der Waals surface area contributed by atoms with Gasteiger partial charge in [0.15, 0.2) is 0 Å². The molecule has 1 amide bonds. The predicted molar refractivity (Wildman–Crippen MR) is 64.2 cm³/mol. The lowest BCUT2D eigenvalue weighted by Crippen LogP contribution is -2.48. The molecule has 1 aliphatic heterocycles. The van der Waals surface area contributed by atoms with Crippen LogP contribution in [0.3, 0.4) is 0 Å². The molecule has 80 valence electrons. The summed E-state index contributed by atoms with van der Waals surface area (Å²) in [5, 5.41) is 0.578. The Morgan fingerprint density at radius 2 is 2.20 bits per heavy atom. The van der Waals surface area contributed by atoms with Gasteiger partial charge in [-0.05, 0) is 34.0 Å². The SMILES string of the molecule is CC1CN(C(=O)c2cccc(Cl)c2Br)C1. The number of hydrogen-bond donors (Lipinski definition) is 0. The van der Waals surface area contributed by atoms with Gasteiger partial charge in [-0.3, -0.25) is 4.79 Å². The monoisotopic (exact) mass is 287 g/mol. The number of rotatable bonds is 1. The Kier molecular flexibility index (Phi) is 3.03. The van der Waals surface area contributed by atoms with Gasteiger partial charge in [0.1, 0.15) is 0 Å². The van der Waals surface area contributed by atoms with Crippen molar-refractivity contribution in [3.05, 3.63) is 33.3 Å². The van der Waals surface area contributed by atoms with Crippen LogP contribution in [0.15, 0.2) is 22.7 Å². The molecule has 1 heterocycles. The second kappa shape index (κ2) is 4.14. The fourth-order valence-corrected chi connectivity index (χ4v) is 2.31. The van der Waals surface area contributed by atoms with Crippen molar-refractivity contribution in [2.24, 2.45) is 5.92 Å². The minimum Gasteiger partial charge on any atom is -0.338 e. The molecular formula is C11H11BrClNO. The van der Waals surface area contributed by atoms with E-state index in [1.165, 1.54) is 0 Å². The van der Waals surface area contributed by atoms with Crippen LogP contribution < -0.4 is 0 Å². The van der Waals surface area contributed by atoms with Crippen LogP contribution in [0.2, 0.25) is 5.02 Å². The van der Waals surface area contributed by atoms with Crippen LogP contribution >= 0.6 is 27.5 Å². The van der Waals surface area contributed by atoms with E-state index in [0.29, 0.717) is 21.0 Å². The molecular weight excluding hydrogens is 277 g/mol. The number of benzene rings is 1. The molecule has 1 aliphatic rings. The van der Waals surface area contributed by atoms with E-state index < -0.39 is 0 Å². The van der Waals surface area contributed by atoms with Crippen molar-refractivity contribution >= 4 is 33.4 Å². The molecule has 0 aliphatic carbocycles. The van der Waals surface area contributed by atoms with E-state index in [4.69, 9.17) is 11.6 Å². The minimum absolute atomic E-state index is 0.0578. The van der Waals surface area contributed by atoms with Gasteiger partial charge in [0, 0.05) is 17.6 Å². The summed E-state index contributed by atoms with van der Waals surface area (Å²) >= 11 is 9.27. The van der Waals surface area contributed by atoms with Crippen molar-refractivity contribution in [1.29, 1.82) is 0 Å². The number of amides is 1. The van der Waals surface area contributed by atoms with Gasteiger partial charge in [0.05, 0.1) is 10.6 Å². The number of halogens is 2. The van der Waals surface area contributed by atoms with E-state index >= 15 is 0 Å². The zero-order chi connectivity index (χ0) is 11.0. The Labute approximate surface area is 102 Å². The number of likely N-dealkylation sites (tertiary alicyclic amines) is 1. The van der Waals surface area contributed by atoms with Crippen LogP contribution in [0.1, 0.15) is 17.3 Å². The molecule has 0 atom stereocenters. The normalized spacial score (nSPS) is 16.3. The quantitative estimate of drug-likeness (QED) is 0.777. The molecule has 0 bridgehead atoms. The third-order valence-corrected chi connectivity index (χ3v) is 3.93. The first kappa shape index (κ1) is 11.0. The Morgan fingerprint density at radius 3 is 2.80 bits per heavy atom. The lowest BCUT2D eigenvalue weighted by atomic mass is 10.0. The highest BCUT2D eigenvalue weighted by atomic mass is 79.9. The molecule has 1 aromatic carbocycles. The number of carbonyl (C=O) groups excluding carboxylic acids is 1. The van der Waals surface area contributed by atoms with E-state index in [1.807, 2.05) is 4.90 Å². The summed E-state index contributed by atoms with van der Waals surface area (Å²) in [6.45, 7) is 3.83. The van der Waals surface area contributed by atoms with Crippen molar-refractivity contribution in [3.63, 3.8) is 0 Å². The molecule has 2 rings (SSSR count). The molecule has 1 aromatic rings. The molecule has 0 spiro atoms. The Hall–Kier alpha value is -0.540. The Morgan fingerprint density at radius 1 is 1.53 bits per heavy atom. The second-order valence-corrected chi connectivity index (χ2v) is 5.12. The van der Waals surface area contributed by atoms with Crippen LogP contribution in [0.4, 0.5) is 0 Å². The van der Waals surface area contributed by atoms with Crippen molar-refractivity contribution in [2.45, 2.75) is 6.92 Å². The lowest BCUT2D eigenvalue weighted by molar-refractivity contribution is 0.0529. The fraction of sp³-hybridized carbons (Fsp3) is 0.364. The molecule has 15 heavy (non-hydrogen) atoms. The first-order chi connectivity index (χ1) is 7.09. The smallest absolute Gasteiger partial charge is 0.255 e. The zero-order valence-corrected chi connectivity index (χ0v) is 10.7. The van der Waals surface area contributed by atoms with Crippen molar-refractivity contribution in [3.8, 4) is 0 Å². The average molecular weight is 289 g/mol. The largest absolute Gasteiger partial charge is 0.338 e. The minimum atomic E-state index is 0.0578. The first-order valence-corrected chi connectivity index (χ1v) is 6.00. The molecule has 0 saturated carbocycles. The first-order valence-electron chi connectivity index (χ1n) is 4.83. The van der Waals surface area contributed by atoms with Crippen LogP contribution in [-0.4, -0.2) is 23.9 Å². The maximum atomic E-state index is 12.0. The van der Waals surface area contributed by atoms with Gasteiger partial charge in [-0.15, -0.1) is 0 Å². The van der Waals surface area contributed by atoms with E-state index in [0.717, 1.165) is 13.1 Å². The molecule has 1 fully saturated rings. The van der Waals surface area contributed by atoms with E-state index in [2.05, 4.69) is 22.9 Å². The third-order valence-electron chi connectivity index (χ3n) is 2.53. The summed E-state index contributed by atoms with van der Waals surface area (Å²) in [5.74, 6) is 0.675. The maximum absolute atomic E-state index is 12.0. The Bertz CT molecular complexity index is 402. The number of nitrogens with zero attached hydrogens (tertiary/aromatic N) is 1. The van der Waals surface area contributed by atoms with Gasteiger partial charge in [-0.2, -0.15) is 0 Å². The molecule has 0 aromatic heterocycles. The standard InChI is InChI=1S/C11H11BrClNO/c1-7-5-14(6-7)11(15)8-3-2-4-9(13)10(8)12/h2-4,7H,5-6H2,1H3.